The van der Waals surface area contributed by atoms with Crippen molar-refractivity contribution >= 4 is 24.8 Å². The molecular weight excluding hydrogens is 484 g/mol. The Morgan fingerprint density at radius 1 is 0.472 bits per heavy atom. The van der Waals surface area contributed by atoms with Crippen molar-refractivity contribution in [3.8, 4) is 11.8 Å². The smallest absolute Gasteiger partial charge is 0.296 e. The van der Waals surface area contributed by atoms with E-state index >= 15 is 0 Å². The van der Waals surface area contributed by atoms with Gasteiger partial charge in [0.15, 0.2) is 0 Å². The number of carbonyl (C=O) groups is 4. The number of nitrogens with one attached hydrogen (secondary N) is 2. The fourth-order valence-electron chi connectivity index (χ4n) is 2.07. The lowest BCUT2D eigenvalue weighted by atomic mass is 10.5. The highest BCUT2D eigenvalue weighted by atomic mass is 16.6. The van der Waals surface area contributed by atoms with Gasteiger partial charge >= 0.3 is 0 Å². The topological polar surface area (TPSA) is 166 Å². The Morgan fingerprint density at radius 2 is 0.750 bits per heavy atom. The highest BCUT2D eigenvalue weighted by Crippen LogP contribution is 1.83. The molecule has 0 aromatic carbocycles. The van der Waals surface area contributed by atoms with Gasteiger partial charge in [-0.05, 0) is 0 Å². The second kappa shape index (κ2) is 28.4. The third-order valence-electron chi connectivity index (χ3n) is 3.67. The molecule has 0 heterocycles. The number of hydrogen-bond acceptors (Lipinski definition) is 12. The van der Waals surface area contributed by atoms with E-state index in [1.54, 1.807) is 0 Å². The van der Waals surface area contributed by atoms with Crippen LogP contribution in [0.15, 0.2) is 0 Å². The van der Waals surface area contributed by atoms with Gasteiger partial charge in [-0.25, -0.2) is 0 Å². The zero-order valence-electron chi connectivity index (χ0n) is 20.4. The molecule has 0 atom stereocenters. The summed E-state index contributed by atoms with van der Waals surface area (Å²) >= 11 is 0. The van der Waals surface area contributed by atoms with Crippen LogP contribution in [0.4, 0.5) is 0 Å². The molecule has 0 saturated carbocycles. The van der Waals surface area contributed by atoms with Crippen LogP contribution in [-0.2, 0) is 57.1 Å². The third-order valence-corrected chi connectivity index (χ3v) is 3.67. The highest BCUT2D eigenvalue weighted by Gasteiger charge is 1.99. The standard InChI is InChI=1S/C22H36N2O12/c25-19-35-17-15-33-13-11-31-9-7-29-5-3-23-21(27)1-2-22(28)24-4-6-30-8-10-32-12-14-34-16-18-36-20-26/h19-20H,3-18H2,(H,23,27)(H,24,28). The molecule has 0 aliphatic carbocycles. The molecule has 206 valence electrons. The molecule has 36 heavy (non-hydrogen) atoms. The van der Waals surface area contributed by atoms with Gasteiger partial charge in [-0.15, -0.1) is 0 Å². The summed E-state index contributed by atoms with van der Waals surface area (Å²) in [6, 6.07) is 0. The third kappa shape index (κ3) is 27.4. The summed E-state index contributed by atoms with van der Waals surface area (Å²) in [5.74, 6) is 3.20. The van der Waals surface area contributed by atoms with Crippen LogP contribution >= 0.6 is 0 Å². The van der Waals surface area contributed by atoms with E-state index in [0.29, 0.717) is 79.0 Å². The monoisotopic (exact) mass is 520 g/mol. The van der Waals surface area contributed by atoms with Gasteiger partial charge in [0.1, 0.15) is 13.2 Å². The average molecular weight is 521 g/mol. The van der Waals surface area contributed by atoms with Crippen molar-refractivity contribution in [2.45, 2.75) is 0 Å². The lowest BCUT2D eigenvalue weighted by Gasteiger charge is -2.07. The fourth-order valence-corrected chi connectivity index (χ4v) is 2.07. The molecular formula is C22H36N2O12. The van der Waals surface area contributed by atoms with Crippen LogP contribution in [0, 0.1) is 11.8 Å². The summed E-state index contributed by atoms with van der Waals surface area (Å²) in [5.41, 5.74) is 0. The van der Waals surface area contributed by atoms with Gasteiger partial charge in [-0.1, -0.05) is 0 Å². The van der Waals surface area contributed by atoms with Crippen LogP contribution in [0.25, 0.3) is 0 Å². The summed E-state index contributed by atoms with van der Waals surface area (Å²) in [5, 5.41) is 5.02. The van der Waals surface area contributed by atoms with Crippen LogP contribution in [0.2, 0.25) is 0 Å². The fraction of sp³-hybridized carbons (Fsp3) is 0.727. The van der Waals surface area contributed by atoms with Crippen LogP contribution in [-0.4, -0.2) is 130 Å². The molecule has 0 rings (SSSR count). The maximum atomic E-state index is 11.6. The van der Waals surface area contributed by atoms with E-state index in [0.717, 1.165) is 0 Å². The molecule has 14 nitrogen and oxygen atoms in total. The molecule has 0 fully saturated rings. The Morgan fingerprint density at radius 3 is 1.06 bits per heavy atom. The zero-order chi connectivity index (χ0) is 26.4. The van der Waals surface area contributed by atoms with Crippen molar-refractivity contribution in [2.24, 2.45) is 0 Å². The quantitative estimate of drug-likeness (QED) is 0.0710. The van der Waals surface area contributed by atoms with E-state index in [4.69, 9.17) is 28.4 Å². The molecule has 0 bridgehead atoms. The molecule has 0 saturated heterocycles. The van der Waals surface area contributed by atoms with Gasteiger partial charge in [0.25, 0.3) is 24.8 Å². The first-order valence-corrected chi connectivity index (χ1v) is 11.3. The summed E-state index contributed by atoms with van der Waals surface area (Å²) in [4.78, 5) is 43.0. The minimum atomic E-state index is -0.589. The van der Waals surface area contributed by atoms with Gasteiger partial charge in [-0.2, -0.15) is 0 Å². The predicted octanol–water partition coefficient (Wildman–Crippen LogP) is -2.33. The maximum absolute atomic E-state index is 11.6. The van der Waals surface area contributed by atoms with Gasteiger partial charge in [-0.3, -0.25) is 19.2 Å². The average Bonchev–Trinajstić information content (AvgIpc) is 2.88. The first-order valence-electron chi connectivity index (χ1n) is 11.3. The van der Waals surface area contributed by atoms with E-state index in [1.165, 1.54) is 0 Å². The Hall–Kier alpha value is -2.80. The lowest BCUT2D eigenvalue weighted by molar-refractivity contribution is -0.131. The number of hydrogen-bond donors (Lipinski definition) is 2. The van der Waals surface area contributed by atoms with Crippen molar-refractivity contribution < 1.29 is 57.1 Å². The lowest BCUT2D eigenvalue weighted by Crippen LogP contribution is -2.28. The number of carbonyl (C=O) groups excluding carboxylic acids is 4. The first-order chi connectivity index (χ1) is 17.7. The van der Waals surface area contributed by atoms with E-state index in [2.05, 4.69) is 31.9 Å². The summed E-state index contributed by atoms with van der Waals surface area (Å²) in [7, 11) is 0. The number of amides is 2. The predicted molar refractivity (Wildman–Crippen MR) is 123 cm³/mol. The molecule has 0 aliphatic rings. The van der Waals surface area contributed by atoms with Crippen LogP contribution in [0.1, 0.15) is 0 Å². The van der Waals surface area contributed by atoms with Gasteiger partial charge in [0.2, 0.25) is 0 Å². The van der Waals surface area contributed by atoms with E-state index in [-0.39, 0.29) is 39.5 Å². The van der Waals surface area contributed by atoms with E-state index in [9.17, 15) is 19.2 Å². The molecule has 2 N–H and O–H groups in total. The van der Waals surface area contributed by atoms with Crippen molar-refractivity contribution in [3.63, 3.8) is 0 Å². The van der Waals surface area contributed by atoms with E-state index < -0.39 is 11.8 Å². The van der Waals surface area contributed by atoms with Crippen LogP contribution in [0.3, 0.4) is 0 Å². The van der Waals surface area contributed by atoms with Crippen LogP contribution in [0.5, 0.6) is 0 Å². The molecule has 2 amide bonds. The van der Waals surface area contributed by atoms with Crippen molar-refractivity contribution in [1.29, 1.82) is 0 Å². The Labute approximate surface area is 210 Å². The highest BCUT2D eigenvalue weighted by molar-refractivity contribution is 6.02. The molecule has 14 heteroatoms. The van der Waals surface area contributed by atoms with Crippen molar-refractivity contribution in [3.05, 3.63) is 0 Å². The minimum Gasteiger partial charge on any atom is -0.465 e. The molecule has 0 radical (unpaired) electrons. The number of rotatable bonds is 26. The van der Waals surface area contributed by atoms with Gasteiger partial charge in [0.05, 0.1) is 79.3 Å². The maximum Gasteiger partial charge on any atom is 0.296 e. The van der Waals surface area contributed by atoms with Crippen molar-refractivity contribution in [1.82, 2.24) is 10.6 Å². The SMILES string of the molecule is O=COCCOCCOCCOCCNC(=O)C#CC(=O)NCCOCCOCCOCCOC=O. The number of ether oxygens (including phenoxy) is 8. The summed E-state index contributed by atoms with van der Waals surface area (Å²) in [6.45, 7) is 5.76. The summed E-state index contributed by atoms with van der Waals surface area (Å²) in [6.07, 6.45) is 0. The van der Waals surface area contributed by atoms with Gasteiger partial charge in [0, 0.05) is 24.9 Å². The Balaban J connectivity index is 3.41. The van der Waals surface area contributed by atoms with Gasteiger partial charge < -0.3 is 48.5 Å². The Kier molecular flexibility index (Phi) is 26.2. The van der Waals surface area contributed by atoms with Crippen LogP contribution < -0.4 is 10.6 Å². The zero-order valence-corrected chi connectivity index (χ0v) is 20.4. The Bertz CT molecular complexity index is 574. The molecule has 0 aliphatic heterocycles. The second-order valence-corrected chi connectivity index (χ2v) is 6.37. The molecule has 0 spiro atoms. The first kappa shape index (κ1) is 33.2. The molecule has 0 aromatic rings. The molecule has 0 unspecified atom stereocenters. The largest absolute Gasteiger partial charge is 0.465 e. The summed E-state index contributed by atoms with van der Waals surface area (Å²) < 4.78 is 40.4. The molecule has 0 aromatic heterocycles. The second-order valence-electron chi connectivity index (χ2n) is 6.37. The minimum absolute atomic E-state index is 0.209. The van der Waals surface area contributed by atoms with Crippen molar-refractivity contribution in [2.75, 3.05) is 106 Å². The van der Waals surface area contributed by atoms with E-state index in [1.807, 2.05) is 0 Å². The normalized spacial score (nSPS) is 10.1.